The number of amides is 1. The van der Waals surface area contributed by atoms with Crippen LogP contribution >= 0.6 is 0 Å². The first-order valence-corrected chi connectivity index (χ1v) is 8.39. The van der Waals surface area contributed by atoms with E-state index in [2.05, 4.69) is 6.92 Å². The quantitative estimate of drug-likeness (QED) is 0.873. The maximum Gasteiger partial charge on any atom is 0.329 e. The number of hydrogen-bond acceptors (Lipinski definition) is 2. The zero-order valence-corrected chi connectivity index (χ0v) is 14.2. The molecule has 1 aromatic carbocycles. The Kier molecular flexibility index (Phi) is 4.28. The molecule has 0 atom stereocenters. The predicted octanol–water partition coefficient (Wildman–Crippen LogP) is 2.38. The van der Waals surface area contributed by atoms with E-state index in [-0.39, 0.29) is 18.1 Å². The second-order valence-electron chi connectivity index (χ2n) is 6.83. The molecule has 1 saturated carbocycles. The summed E-state index contributed by atoms with van der Waals surface area (Å²) in [4.78, 5) is 26.9. The first kappa shape index (κ1) is 15.8. The molecular weight excluding hydrogens is 290 g/mol. The standard InChI is InChI=1S/C18H25N3O2/c1-13-8-10-14(11-9-13)19(2)17(22)12-21-16-7-5-4-6-15(16)20(3)18(21)23/h4-7,13-14H,8-12H2,1-3H3. The molecule has 1 aliphatic carbocycles. The number of fused-ring (bicyclic) bond motifs is 1. The van der Waals surface area contributed by atoms with Crippen molar-refractivity contribution in [3.63, 3.8) is 0 Å². The third-order valence-corrected chi connectivity index (χ3v) is 5.27. The first-order valence-electron chi connectivity index (χ1n) is 8.39. The summed E-state index contributed by atoms with van der Waals surface area (Å²) in [6.07, 6.45) is 4.48. The third kappa shape index (κ3) is 2.92. The highest BCUT2D eigenvalue weighted by molar-refractivity contribution is 5.81. The van der Waals surface area contributed by atoms with E-state index in [0.717, 1.165) is 29.8 Å². The van der Waals surface area contributed by atoms with Gasteiger partial charge in [-0.15, -0.1) is 0 Å². The topological polar surface area (TPSA) is 47.2 Å². The van der Waals surface area contributed by atoms with Crippen molar-refractivity contribution < 1.29 is 4.79 Å². The van der Waals surface area contributed by atoms with Crippen LogP contribution in [0, 0.1) is 5.92 Å². The summed E-state index contributed by atoms with van der Waals surface area (Å²) in [6, 6.07) is 7.92. The number of imidazole rings is 1. The number of carbonyl (C=O) groups is 1. The SMILES string of the molecule is CC1CCC(N(C)C(=O)Cn2c(=O)n(C)c3ccccc32)CC1. The first-order chi connectivity index (χ1) is 11.0. The molecule has 5 heteroatoms. The smallest absolute Gasteiger partial charge is 0.329 e. The number of para-hydroxylation sites is 2. The number of likely N-dealkylation sites (N-methyl/N-ethyl adjacent to an activating group) is 1. The van der Waals surface area contributed by atoms with Crippen LogP contribution in [0.15, 0.2) is 29.1 Å². The Morgan fingerprint density at radius 1 is 1.17 bits per heavy atom. The van der Waals surface area contributed by atoms with Gasteiger partial charge in [0.2, 0.25) is 5.91 Å². The molecule has 1 fully saturated rings. The monoisotopic (exact) mass is 315 g/mol. The van der Waals surface area contributed by atoms with Crippen molar-refractivity contribution in [2.24, 2.45) is 13.0 Å². The Labute approximate surface area is 136 Å². The summed E-state index contributed by atoms with van der Waals surface area (Å²) in [5.74, 6) is 0.776. The maximum absolute atomic E-state index is 12.7. The van der Waals surface area contributed by atoms with Gasteiger partial charge in [-0.3, -0.25) is 13.9 Å². The lowest BCUT2D eigenvalue weighted by Crippen LogP contribution is -2.42. The fourth-order valence-electron chi connectivity index (χ4n) is 3.60. The third-order valence-electron chi connectivity index (χ3n) is 5.27. The van der Waals surface area contributed by atoms with Gasteiger partial charge in [0.15, 0.2) is 0 Å². The number of benzene rings is 1. The molecule has 1 amide bonds. The predicted molar refractivity (Wildman–Crippen MR) is 91.4 cm³/mol. The van der Waals surface area contributed by atoms with Gasteiger partial charge in [-0.05, 0) is 43.7 Å². The molecule has 2 aromatic rings. The van der Waals surface area contributed by atoms with E-state index in [1.807, 2.05) is 36.2 Å². The van der Waals surface area contributed by atoms with Gasteiger partial charge in [-0.2, -0.15) is 0 Å². The number of aromatic nitrogens is 2. The summed E-state index contributed by atoms with van der Waals surface area (Å²) >= 11 is 0. The number of hydrogen-bond donors (Lipinski definition) is 0. The Hall–Kier alpha value is -2.04. The van der Waals surface area contributed by atoms with Gasteiger partial charge in [0, 0.05) is 20.1 Å². The number of nitrogens with zero attached hydrogens (tertiary/aromatic N) is 3. The molecule has 23 heavy (non-hydrogen) atoms. The van der Waals surface area contributed by atoms with Crippen molar-refractivity contribution >= 4 is 16.9 Å². The Bertz CT molecular complexity index is 766. The van der Waals surface area contributed by atoms with Gasteiger partial charge in [0.25, 0.3) is 0 Å². The minimum atomic E-state index is -0.134. The molecule has 1 aromatic heterocycles. The average molecular weight is 315 g/mol. The number of aryl methyl sites for hydroxylation is 1. The van der Waals surface area contributed by atoms with Gasteiger partial charge in [-0.25, -0.2) is 4.79 Å². The zero-order chi connectivity index (χ0) is 16.6. The second kappa shape index (κ2) is 6.22. The lowest BCUT2D eigenvalue weighted by molar-refractivity contribution is -0.133. The van der Waals surface area contributed by atoms with Crippen LogP contribution in [-0.2, 0) is 18.4 Å². The second-order valence-corrected chi connectivity index (χ2v) is 6.83. The summed E-state index contributed by atoms with van der Waals surface area (Å²) in [7, 11) is 3.62. The van der Waals surface area contributed by atoms with Crippen LogP contribution in [0.1, 0.15) is 32.6 Å². The molecule has 1 aliphatic rings. The fraction of sp³-hybridized carbons (Fsp3) is 0.556. The number of rotatable bonds is 3. The van der Waals surface area contributed by atoms with E-state index >= 15 is 0 Å². The maximum atomic E-state index is 12.7. The molecule has 0 bridgehead atoms. The van der Waals surface area contributed by atoms with Gasteiger partial charge in [0.1, 0.15) is 6.54 Å². The summed E-state index contributed by atoms with van der Waals surface area (Å²) in [5, 5.41) is 0. The fourth-order valence-corrected chi connectivity index (χ4v) is 3.60. The molecule has 5 nitrogen and oxygen atoms in total. The largest absolute Gasteiger partial charge is 0.341 e. The lowest BCUT2D eigenvalue weighted by Gasteiger charge is -2.33. The molecule has 3 rings (SSSR count). The van der Waals surface area contributed by atoms with Crippen molar-refractivity contribution in [3.8, 4) is 0 Å². The summed E-state index contributed by atoms with van der Waals surface area (Å²) in [6.45, 7) is 2.39. The highest BCUT2D eigenvalue weighted by Crippen LogP contribution is 2.26. The Balaban J connectivity index is 1.81. The van der Waals surface area contributed by atoms with Crippen LogP contribution in [-0.4, -0.2) is 33.0 Å². The van der Waals surface area contributed by atoms with E-state index in [0.29, 0.717) is 6.04 Å². The van der Waals surface area contributed by atoms with E-state index in [1.54, 1.807) is 16.2 Å². The van der Waals surface area contributed by atoms with Crippen molar-refractivity contribution in [2.45, 2.75) is 45.2 Å². The van der Waals surface area contributed by atoms with Crippen molar-refractivity contribution in [3.05, 3.63) is 34.7 Å². The molecule has 0 saturated heterocycles. The van der Waals surface area contributed by atoms with Crippen molar-refractivity contribution in [1.82, 2.24) is 14.0 Å². The van der Waals surface area contributed by atoms with Crippen molar-refractivity contribution in [2.75, 3.05) is 7.05 Å². The highest BCUT2D eigenvalue weighted by atomic mass is 16.2. The molecular formula is C18H25N3O2. The van der Waals surface area contributed by atoms with E-state index in [9.17, 15) is 9.59 Å². The van der Waals surface area contributed by atoms with Crippen molar-refractivity contribution in [1.29, 1.82) is 0 Å². The van der Waals surface area contributed by atoms with Gasteiger partial charge in [0.05, 0.1) is 11.0 Å². The minimum absolute atomic E-state index is 0.0167. The van der Waals surface area contributed by atoms with Crippen LogP contribution in [0.4, 0.5) is 0 Å². The highest BCUT2D eigenvalue weighted by Gasteiger charge is 2.25. The molecule has 0 unspecified atom stereocenters. The lowest BCUT2D eigenvalue weighted by atomic mass is 9.87. The summed E-state index contributed by atoms with van der Waals surface area (Å²) < 4.78 is 3.19. The van der Waals surface area contributed by atoms with E-state index in [1.165, 1.54) is 12.8 Å². The van der Waals surface area contributed by atoms with Crippen LogP contribution in [0.2, 0.25) is 0 Å². The van der Waals surface area contributed by atoms with Crippen LogP contribution in [0.5, 0.6) is 0 Å². The van der Waals surface area contributed by atoms with E-state index in [4.69, 9.17) is 0 Å². The molecule has 124 valence electrons. The van der Waals surface area contributed by atoms with Crippen LogP contribution in [0.3, 0.4) is 0 Å². The Morgan fingerprint density at radius 2 is 1.78 bits per heavy atom. The van der Waals surface area contributed by atoms with Crippen LogP contribution in [0.25, 0.3) is 11.0 Å². The number of carbonyl (C=O) groups excluding carboxylic acids is 1. The van der Waals surface area contributed by atoms with E-state index < -0.39 is 0 Å². The molecule has 0 aliphatic heterocycles. The molecule has 0 spiro atoms. The van der Waals surface area contributed by atoms with Gasteiger partial charge >= 0.3 is 5.69 Å². The molecule has 0 N–H and O–H groups in total. The summed E-state index contributed by atoms with van der Waals surface area (Å²) in [5.41, 5.74) is 1.55. The minimum Gasteiger partial charge on any atom is -0.341 e. The zero-order valence-electron chi connectivity index (χ0n) is 14.2. The van der Waals surface area contributed by atoms with Gasteiger partial charge in [-0.1, -0.05) is 19.1 Å². The molecule has 1 heterocycles. The normalized spacial score (nSPS) is 21.5. The molecule has 0 radical (unpaired) electrons. The Morgan fingerprint density at radius 3 is 2.43 bits per heavy atom. The van der Waals surface area contributed by atoms with Crippen LogP contribution < -0.4 is 5.69 Å². The average Bonchev–Trinajstić information content (AvgIpc) is 2.80. The van der Waals surface area contributed by atoms with Gasteiger partial charge < -0.3 is 4.90 Å².